The Labute approximate surface area is 111 Å². The van der Waals surface area contributed by atoms with Crippen molar-refractivity contribution < 1.29 is 5.11 Å². The highest BCUT2D eigenvalue weighted by Crippen LogP contribution is 2.24. The van der Waals surface area contributed by atoms with Crippen molar-refractivity contribution in [3.63, 3.8) is 0 Å². The first-order valence-electron chi connectivity index (χ1n) is 6.23. The molecule has 3 rings (SSSR count). The van der Waals surface area contributed by atoms with Gasteiger partial charge in [0.25, 0.3) is 0 Å². The third-order valence-electron chi connectivity index (χ3n) is 3.32. The molecule has 1 aromatic carbocycles. The monoisotopic (exact) mass is 253 g/mol. The number of aliphatic hydroxyl groups excluding tert-OH is 1. The summed E-state index contributed by atoms with van der Waals surface area (Å²) in [6, 6.07) is 9.90. The summed E-state index contributed by atoms with van der Waals surface area (Å²) < 4.78 is 1.91. The number of hydrogen-bond acceptors (Lipinski definition) is 3. The Morgan fingerprint density at radius 2 is 2.00 bits per heavy atom. The minimum absolute atomic E-state index is 0.463. The van der Waals surface area contributed by atoms with Crippen molar-refractivity contribution in [2.75, 3.05) is 0 Å². The van der Waals surface area contributed by atoms with E-state index in [1.54, 1.807) is 12.4 Å². The zero-order valence-electron chi connectivity index (χ0n) is 10.7. The Kier molecular flexibility index (Phi) is 3.01. The highest BCUT2D eigenvalue weighted by molar-refractivity contribution is 5.84. The Bertz CT molecular complexity index is 700. The van der Waals surface area contributed by atoms with Crippen molar-refractivity contribution in [2.24, 2.45) is 7.05 Å². The van der Waals surface area contributed by atoms with Crippen LogP contribution < -0.4 is 0 Å². The molecule has 19 heavy (non-hydrogen) atoms. The summed E-state index contributed by atoms with van der Waals surface area (Å²) in [5.74, 6) is 0.849. The van der Waals surface area contributed by atoms with E-state index in [2.05, 4.69) is 9.97 Å². The number of nitrogens with zero attached hydrogens (tertiary/aromatic N) is 3. The number of fused-ring (bicyclic) bond motifs is 1. The van der Waals surface area contributed by atoms with Crippen LogP contribution in [-0.2, 0) is 13.5 Å². The summed E-state index contributed by atoms with van der Waals surface area (Å²) in [6.45, 7) is 0. The Morgan fingerprint density at radius 3 is 2.79 bits per heavy atom. The standard InChI is InChI=1S/C15H15N3O/c1-18-9-8-16-14(18)10-13(19)15-12-5-3-2-4-11(12)6-7-17-15/h2-9,13,19H,10H2,1H3. The third-order valence-corrected chi connectivity index (χ3v) is 3.32. The molecule has 2 heterocycles. The van der Waals surface area contributed by atoms with Gasteiger partial charge in [-0.25, -0.2) is 4.98 Å². The largest absolute Gasteiger partial charge is 0.386 e. The van der Waals surface area contributed by atoms with Crippen molar-refractivity contribution in [3.8, 4) is 0 Å². The average molecular weight is 253 g/mol. The first-order valence-corrected chi connectivity index (χ1v) is 6.23. The molecule has 0 aliphatic rings. The molecule has 0 amide bonds. The summed E-state index contributed by atoms with van der Waals surface area (Å²) in [6.07, 6.45) is 5.16. The van der Waals surface area contributed by atoms with Crippen LogP contribution in [0.15, 0.2) is 48.9 Å². The first kappa shape index (κ1) is 11.9. The van der Waals surface area contributed by atoms with Crippen molar-refractivity contribution in [1.29, 1.82) is 0 Å². The minimum Gasteiger partial charge on any atom is -0.386 e. The smallest absolute Gasteiger partial charge is 0.111 e. The van der Waals surface area contributed by atoms with Crippen molar-refractivity contribution in [2.45, 2.75) is 12.5 Å². The second-order valence-electron chi connectivity index (χ2n) is 4.59. The molecule has 0 radical (unpaired) electrons. The highest BCUT2D eigenvalue weighted by Gasteiger charge is 2.15. The first-order chi connectivity index (χ1) is 9.25. The van der Waals surface area contributed by atoms with Crippen LogP contribution in [0.4, 0.5) is 0 Å². The lowest BCUT2D eigenvalue weighted by molar-refractivity contribution is 0.172. The van der Waals surface area contributed by atoms with Crippen LogP contribution in [0.1, 0.15) is 17.6 Å². The summed E-state index contributed by atoms with van der Waals surface area (Å²) in [5, 5.41) is 12.5. The molecule has 0 saturated heterocycles. The van der Waals surface area contributed by atoms with E-state index in [0.29, 0.717) is 12.1 Å². The molecule has 0 spiro atoms. The van der Waals surface area contributed by atoms with Gasteiger partial charge in [-0.05, 0) is 11.5 Å². The molecule has 0 aliphatic heterocycles. The molecule has 4 heteroatoms. The van der Waals surface area contributed by atoms with Crippen molar-refractivity contribution in [3.05, 3.63) is 60.4 Å². The van der Waals surface area contributed by atoms with Crippen LogP contribution >= 0.6 is 0 Å². The topological polar surface area (TPSA) is 50.9 Å². The maximum absolute atomic E-state index is 10.4. The quantitative estimate of drug-likeness (QED) is 0.779. The molecular formula is C15H15N3O. The van der Waals surface area contributed by atoms with Gasteiger partial charge in [-0.2, -0.15) is 0 Å². The minimum atomic E-state index is -0.646. The molecule has 96 valence electrons. The van der Waals surface area contributed by atoms with E-state index in [1.807, 2.05) is 48.1 Å². The maximum atomic E-state index is 10.4. The summed E-state index contributed by atoms with van der Waals surface area (Å²) in [5.41, 5.74) is 0.709. The van der Waals surface area contributed by atoms with Crippen molar-refractivity contribution in [1.82, 2.24) is 14.5 Å². The van der Waals surface area contributed by atoms with Gasteiger partial charge in [0.15, 0.2) is 0 Å². The van der Waals surface area contributed by atoms with E-state index in [9.17, 15) is 5.11 Å². The zero-order valence-corrected chi connectivity index (χ0v) is 10.7. The fourth-order valence-electron chi connectivity index (χ4n) is 2.27. The molecule has 0 saturated carbocycles. The lowest BCUT2D eigenvalue weighted by Crippen LogP contribution is -2.08. The number of imidazole rings is 1. The Balaban J connectivity index is 1.98. The normalized spacial score (nSPS) is 12.7. The van der Waals surface area contributed by atoms with E-state index in [0.717, 1.165) is 16.6 Å². The number of aliphatic hydroxyl groups is 1. The van der Waals surface area contributed by atoms with Gasteiger partial charge in [-0.3, -0.25) is 4.98 Å². The molecule has 0 bridgehead atoms. The number of aryl methyl sites for hydroxylation is 1. The van der Waals surface area contributed by atoms with E-state index >= 15 is 0 Å². The zero-order chi connectivity index (χ0) is 13.2. The molecule has 3 aromatic rings. The number of rotatable bonds is 3. The molecule has 2 aromatic heterocycles. The van der Waals surface area contributed by atoms with Crippen LogP contribution in [0.25, 0.3) is 10.8 Å². The van der Waals surface area contributed by atoms with E-state index in [4.69, 9.17) is 0 Å². The number of aromatic nitrogens is 3. The third kappa shape index (κ3) is 2.22. The van der Waals surface area contributed by atoms with Crippen LogP contribution in [0.3, 0.4) is 0 Å². The summed E-state index contributed by atoms with van der Waals surface area (Å²) in [4.78, 5) is 8.57. The van der Waals surface area contributed by atoms with Crippen LogP contribution in [0.2, 0.25) is 0 Å². The Morgan fingerprint density at radius 1 is 1.16 bits per heavy atom. The molecular weight excluding hydrogens is 238 g/mol. The average Bonchev–Trinajstić information content (AvgIpc) is 2.83. The fraction of sp³-hybridized carbons (Fsp3) is 0.200. The SMILES string of the molecule is Cn1ccnc1CC(O)c1nccc2ccccc12. The summed E-state index contributed by atoms with van der Waals surface area (Å²) >= 11 is 0. The summed E-state index contributed by atoms with van der Waals surface area (Å²) in [7, 11) is 1.92. The van der Waals surface area contributed by atoms with Gasteiger partial charge in [0.1, 0.15) is 11.9 Å². The molecule has 0 fully saturated rings. The van der Waals surface area contributed by atoms with Gasteiger partial charge < -0.3 is 9.67 Å². The molecule has 1 N–H and O–H groups in total. The van der Waals surface area contributed by atoms with Gasteiger partial charge in [0.05, 0.1) is 5.69 Å². The second-order valence-corrected chi connectivity index (χ2v) is 4.59. The molecule has 1 atom stereocenters. The van der Waals surface area contributed by atoms with Crippen LogP contribution in [0, 0.1) is 0 Å². The van der Waals surface area contributed by atoms with Gasteiger partial charge in [-0.15, -0.1) is 0 Å². The van der Waals surface area contributed by atoms with E-state index in [-0.39, 0.29) is 0 Å². The number of hydrogen-bond donors (Lipinski definition) is 1. The predicted molar refractivity (Wildman–Crippen MR) is 73.6 cm³/mol. The fourth-order valence-corrected chi connectivity index (χ4v) is 2.27. The molecule has 0 aliphatic carbocycles. The van der Waals surface area contributed by atoms with Gasteiger partial charge >= 0.3 is 0 Å². The second kappa shape index (κ2) is 4.82. The highest BCUT2D eigenvalue weighted by atomic mass is 16.3. The molecule has 4 nitrogen and oxygen atoms in total. The van der Waals surface area contributed by atoms with Crippen molar-refractivity contribution >= 4 is 10.8 Å². The van der Waals surface area contributed by atoms with E-state index < -0.39 is 6.10 Å². The lowest BCUT2D eigenvalue weighted by Gasteiger charge is -2.12. The number of pyridine rings is 1. The molecule has 1 unspecified atom stereocenters. The van der Waals surface area contributed by atoms with Gasteiger partial charge in [-0.1, -0.05) is 24.3 Å². The Hall–Kier alpha value is -2.20. The van der Waals surface area contributed by atoms with Crippen LogP contribution in [0.5, 0.6) is 0 Å². The maximum Gasteiger partial charge on any atom is 0.111 e. The van der Waals surface area contributed by atoms with Gasteiger partial charge in [0, 0.05) is 37.4 Å². The van der Waals surface area contributed by atoms with Gasteiger partial charge in [0.2, 0.25) is 0 Å². The van der Waals surface area contributed by atoms with Crippen LogP contribution in [-0.4, -0.2) is 19.6 Å². The lowest BCUT2D eigenvalue weighted by atomic mass is 10.0. The van der Waals surface area contributed by atoms with E-state index in [1.165, 1.54) is 0 Å². The number of benzene rings is 1. The predicted octanol–water partition coefficient (Wildman–Crippen LogP) is 2.24.